The molecule has 0 aliphatic rings. The molecule has 0 atom stereocenters. The smallest absolute Gasteiger partial charge is 0.165 e. The molecule has 0 aliphatic heterocycles. The summed E-state index contributed by atoms with van der Waals surface area (Å²) in [6, 6.07) is 11.4. The number of Topliss-reactive ketones (excluding diaryl/α,β-unsaturated/α-hetero) is 1. The molecule has 0 heterocycles. The summed E-state index contributed by atoms with van der Waals surface area (Å²) in [5, 5.41) is 0. The summed E-state index contributed by atoms with van der Waals surface area (Å²) in [4.78, 5) is 11.2. The molecule has 2 aromatic rings. The highest BCUT2D eigenvalue weighted by molar-refractivity contribution is 5.94. The van der Waals surface area contributed by atoms with Gasteiger partial charge in [0.1, 0.15) is 5.75 Å². The van der Waals surface area contributed by atoms with Crippen LogP contribution in [0.25, 0.3) is 0 Å². The van der Waals surface area contributed by atoms with Crippen LogP contribution in [0.3, 0.4) is 0 Å². The predicted molar refractivity (Wildman–Crippen MR) is 67.7 cm³/mol. The molecule has 0 radical (unpaired) electrons. The van der Waals surface area contributed by atoms with Crippen LogP contribution in [0, 0.1) is 12.7 Å². The Bertz CT molecular complexity index is 591. The zero-order valence-electron chi connectivity index (χ0n) is 10.2. The summed E-state index contributed by atoms with van der Waals surface area (Å²) in [5.41, 5.74) is 1.45. The minimum Gasteiger partial charge on any atom is -0.454 e. The standard InChI is InChI=1S/C15H13FO2/c1-10-6-7-14(16)15(8-10)18-13-5-3-4-12(9-13)11(2)17/h3-9H,1-2H3. The average molecular weight is 244 g/mol. The Hall–Kier alpha value is -2.16. The minimum absolute atomic E-state index is 0.0508. The summed E-state index contributed by atoms with van der Waals surface area (Å²) >= 11 is 0. The number of ketones is 1. The topological polar surface area (TPSA) is 26.3 Å². The van der Waals surface area contributed by atoms with E-state index in [0.717, 1.165) is 5.56 Å². The summed E-state index contributed by atoms with van der Waals surface area (Å²) in [5.74, 6) is 0.141. The van der Waals surface area contributed by atoms with Crippen molar-refractivity contribution in [3.8, 4) is 11.5 Å². The number of ether oxygens (including phenoxy) is 1. The molecule has 2 aromatic carbocycles. The molecule has 0 saturated heterocycles. The molecule has 0 saturated carbocycles. The normalized spacial score (nSPS) is 10.2. The van der Waals surface area contributed by atoms with E-state index in [-0.39, 0.29) is 11.5 Å². The first-order valence-corrected chi connectivity index (χ1v) is 5.61. The first kappa shape index (κ1) is 12.3. The molecule has 92 valence electrons. The van der Waals surface area contributed by atoms with E-state index in [1.807, 2.05) is 6.92 Å². The first-order valence-electron chi connectivity index (χ1n) is 5.61. The van der Waals surface area contributed by atoms with Crippen molar-refractivity contribution >= 4 is 5.78 Å². The van der Waals surface area contributed by atoms with Crippen LogP contribution in [0.2, 0.25) is 0 Å². The van der Waals surface area contributed by atoms with E-state index in [0.29, 0.717) is 11.3 Å². The predicted octanol–water partition coefficient (Wildman–Crippen LogP) is 4.13. The van der Waals surface area contributed by atoms with Gasteiger partial charge in [-0.15, -0.1) is 0 Å². The lowest BCUT2D eigenvalue weighted by atomic mass is 10.1. The van der Waals surface area contributed by atoms with Crippen LogP contribution in [0.4, 0.5) is 4.39 Å². The molecule has 0 unspecified atom stereocenters. The van der Waals surface area contributed by atoms with Crippen molar-refractivity contribution in [2.75, 3.05) is 0 Å². The van der Waals surface area contributed by atoms with Crippen LogP contribution in [-0.2, 0) is 0 Å². The fourth-order valence-electron chi connectivity index (χ4n) is 1.59. The highest BCUT2D eigenvalue weighted by Crippen LogP contribution is 2.26. The highest BCUT2D eigenvalue weighted by atomic mass is 19.1. The lowest BCUT2D eigenvalue weighted by Gasteiger charge is -2.08. The average Bonchev–Trinajstić information content (AvgIpc) is 2.34. The molecule has 0 N–H and O–H groups in total. The van der Waals surface area contributed by atoms with Crippen LogP contribution in [0.5, 0.6) is 11.5 Å². The first-order chi connectivity index (χ1) is 8.56. The summed E-state index contributed by atoms with van der Waals surface area (Å²) in [7, 11) is 0. The molecular weight excluding hydrogens is 231 g/mol. The van der Waals surface area contributed by atoms with E-state index in [1.54, 1.807) is 36.4 Å². The van der Waals surface area contributed by atoms with Gasteiger partial charge in [0.2, 0.25) is 0 Å². The van der Waals surface area contributed by atoms with Gasteiger partial charge in [0, 0.05) is 5.56 Å². The zero-order valence-corrected chi connectivity index (χ0v) is 10.2. The van der Waals surface area contributed by atoms with Crippen molar-refractivity contribution in [1.82, 2.24) is 0 Å². The van der Waals surface area contributed by atoms with Gasteiger partial charge in [0.25, 0.3) is 0 Å². The monoisotopic (exact) mass is 244 g/mol. The number of hydrogen-bond acceptors (Lipinski definition) is 2. The molecule has 18 heavy (non-hydrogen) atoms. The number of benzene rings is 2. The fraction of sp³-hybridized carbons (Fsp3) is 0.133. The number of rotatable bonds is 3. The van der Waals surface area contributed by atoms with Crippen molar-refractivity contribution in [3.63, 3.8) is 0 Å². The van der Waals surface area contributed by atoms with Crippen molar-refractivity contribution < 1.29 is 13.9 Å². The number of carbonyl (C=O) groups is 1. The Morgan fingerprint density at radius 3 is 2.67 bits per heavy atom. The lowest BCUT2D eigenvalue weighted by molar-refractivity contribution is 0.101. The van der Waals surface area contributed by atoms with Crippen LogP contribution < -0.4 is 4.74 Å². The van der Waals surface area contributed by atoms with Gasteiger partial charge in [-0.25, -0.2) is 4.39 Å². The second-order valence-electron chi connectivity index (χ2n) is 4.12. The molecule has 0 fully saturated rings. The largest absolute Gasteiger partial charge is 0.454 e. The maximum Gasteiger partial charge on any atom is 0.165 e. The maximum absolute atomic E-state index is 13.5. The third-order valence-corrected chi connectivity index (χ3v) is 2.56. The van der Waals surface area contributed by atoms with E-state index in [1.165, 1.54) is 13.0 Å². The van der Waals surface area contributed by atoms with Crippen LogP contribution >= 0.6 is 0 Å². The number of hydrogen-bond donors (Lipinski definition) is 0. The van der Waals surface area contributed by atoms with E-state index in [9.17, 15) is 9.18 Å². The second kappa shape index (κ2) is 5.00. The van der Waals surface area contributed by atoms with Gasteiger partial charge < -0.3 is 4.74 Å². The van der Waals surface area contributed by atoms with Gasteiger partial charge >= 0.3 is 0 Å². The Morgan fingerprint density at radius 1 is 1.17 bits per heavy atom. The van der Waals surface area contributed by atoms with Crippen molar-refractivity contribution in [2.24, 2.45) is 0 Å². The Balaban J connectivity index is 2.31. The summed E-state index contributed by atoms with van der Waals surface area (Å²) in [6.45, 7) is 3.34. The van der Waals surface area contributed by atoms with Gasteiger partial charge in [0.05, 0.1) is 0 Å². The minimum atomic E-state index is -0.422. The molecule has 0 aromatic heterocycles. The van der Waals surface area contributed by atoms with E-state index in [4.69, 9.17) is 4.74 Å². The Morgan fingerprint density at radius 2 is 1.94 bits per heavy atom. The molecule has 0 amide bonds. The van der Waals surface area contributed by atoms with E-state index in [2.05, 4.69) is 0 Å². The molecule has 0 aliphatic carbocycles. The van der Waals surface area contributed by atoms with Crippen LogP contribution in [-0.4, -0.2) is 5.78 Å². The van der Waals surface area contributed by atoms with Gasteiger partial charge in [-0.1, -0.05) is 18.2 Å². The molecule has 2 rings (SSSR count). The third-order valence-electron chi connectivity index (χ3n) is 2.56. The SMILES string of the molecule is CC(=O)c1cccc(Oc2cc(C)ccc2F)c1. The molecule has 0 spiro atoms. The molecule has 0 bridgehead atoms. The van der Waals surface area contributed by atoms with Crippen molar-refractivity contribution in [1.29, 1.82) is 0 Å². The van der Waals surface area contributed by atoms with Gasteiger partial charge in [-0.05, 0) is 43.7 Å². The van der Waals surface area contributed by atoms with E-state index >= 15 is 0 Å². The molecule has 2 nitrogen and oxygen atoms in total. The number of halogens is 1. The maximum atomic E-state index is 13.5. The van der Waals surface area contributed by atoms with Gasteiger partial charge in [-0.2, -0.15) is 0 Å². The van der Waals surface area contributed by atoms with Gasteiger partial charge in [0.15, 0.2) is 17.3 Å². The fourth-order valence-corrected chi connectivity index (χ4v) is 1.59. The van der Waals surface area contributed by atoms with Crippen molar-refractivity contribution in [2.45, 2.75) is 13.8 Å². The Kier molecular flexibility index (Phi) is 3.42. The zero-order chi connectivity index (χ0) is 13.1. The summed E-state index contributed by atoms with van der Waals surface area (Å²) < 4.78 is 19.0. The second-order valence-corrected chi connectivity index (χ2v) is 4.12. The Labute approximate surface area is 105 Å². The third kappa shape index (κ3) is 2.74. The summed E-state index contributed by atoms with van der Waals surface area (Å²) in [6.07, 6.45) is 0. The van der Waals surface area contributed by atoms with Crippen molar-refractivity contribution in [3.05, 3.63) is 59.4 Å². The molecular formula is C15H13FO2. The van der Waals surface area contributed by atoms with Gasteiger partial charge in [-0.3, -0.25) is 4.79 Å². The van der Waals surface area contributed by atoms with Crippen LogP contribution in [0.1, 0.15) is 22.8 Å². The lowest BCUT2D eigenvalue weighted by Crippen LogP contribution is -1.94. The van der Waals surface area contributed by atoms with E-state index < -0.39 is 5.82 Å². The molecule has 3 heteroatoms. The number of aryl methyl sites for hydroxylation is 1. The highest BCUT2D eigenvalue weighted by Gasteiger charge is 2.06. The quantitative estimate of drug-likeness (QED) is 0.759. The number of carbonyl (C=O) groups excluding carboxylic acids is 1. The van der Waals surface area contributed by atoms with Crippen LogP contribution in [0.15, 0.2) is 42.5 Å².